The third kappa shape index (κ3) is 1.81. The summed E-state index contributed by atoms with van der Waals surface area (Å²) in [4.78, 5) is 18.9. The molecule has 3 rings (SSSR count). The van der Waals surface area contributed by atoms with Crippen LogP contribution in [0.2, 0.25) is 0 Å². The van der Waals surface area contributed by atoms with E-state index in [0.29, 0.717) is 5.69 Å². The molecule has 84 valence electrons. The first-order valence-electron chi connectivity index (χ1n) is 5.10. The van der Waals surface area contributed by atoms with Crippen molar-refractivity contribution in [1.82, 2.24) is 9.97 Å². The van der Waals surface area contributed by atoms with Crippen LogP contribution in [-0.4, -0.2) is 15.9 Å². The molecule has 1 amide bonds. The van der Waals surface area contributed by atoms with Crippen molar-refractivity contribution in [2.24, 2.45) is 0 Å². The number of hydrogen-bond donors (Lipinski definition) is 2. The van der Waals surface area contributed by atoms with Crippen molar-refractivity contribution in [2.75, 3.05) is 5.32 Å². The van der Waals surface area contributed by atoms with Gasteiger partial charge in [0.2, 0.25) is 0 Å². The molecule has 2 aromatic heterocycles. The van der Waals surface area contributed by atoms with E-state index in [9.17, 15) is 4.79 Å². The first-order valence-corrected chi connectivity index (χ1v) is 6.04. The van der Waals surface area contributed by atoms with E-state index in [2.05, 4.69) is 15.3 Å². The Bertz CT molecular complexity index is 657. The topological polar surface area (TPSA) is 57.8 Å². The van der Waals surface area contributed by atoms with E-state index in [0.717, 1.165) is 16.6 Å². The van der Waals surface area contributed by atoms with Crippen molar-refractivity contribution in [3.05, 3.63) is 47.0 Å². The second-order valence-electron chi connectivity index (χ2n) is 3.57. The van der Waals surface area contributed by atoms with Crippen molar-refractivity contribution in [1.29, 1.82) is 0 Å². The van der Waals surface area contributed by atoms with Gasteiger partial charge in [-0.3, -0.25) is 4.79 Å². The number of fused-ring (bicyclic) bond motifs is 1. The smallest absolute Gasteiger partial charge is 0.275 e. The molecule has 2 N–H and O–H groups in total. The fourth-order valence-electron chi connectivity index (χ4n) is 1.71. The summed E-state index contributed by atoms with van der Waals surface area (Å²) in [6.07, 6.45) is 1.85. The molecule has 0 aliphatic heterocycles. The van der Waals surface area contributed by atoms with Crippen LogP contribution in [0.1, 0.15) is 10.5 Å². The fourth-order valence-corrected chi connectivity index (χ4v) is 2.24. The molecular weight excluding hydrogens is 234 g/mol. The Hall–Kier alpha value is -2.14. The zero-order valence-corrected chi connectivity index (χ0v) is 9.62. The second-order valence-corrected chi connectivity index (χ2v) is 4.29. The van der Waals surface area contributed by atoms with E-state index in [4.69, 9.17) is 0 Å². The minimum absolute atomic E-state index is 0.181. The summed E-state index contributed by atoms with van der Waals surface area (Å²) in [5.41, 5.74) is 3.89. The van der Waals surface area contributed by atoms with Crippen molar-refractivity contribution in [2.45, 2.75) is 0 Å². The van der Waals surface area contributed by atoms with Gasteiger partial charge in [-0.2, -0.15) is 0 Å². The van der Waals surface area contributed by atoms with Gasteiger partial charge in [0.25, 0.3) is 5.91 Å². The van der Waals surface area contributed by atoms with Gasteiger partial charge in [-0.15, -0.1) is 11.3 Å². The molecule has 0 aliphatic carbocycles. The molecular formula is C12H9N3OS. The number of hydrogen-bond acceptors (Lipinski definition) is 3. The van der Waals surface area contributed by atoms with Crippen LogP contribution in [0.4, 0.5) is 5.69 Å². The lowest BCUT2D eigenvalue weighted by molar-refractivity contribution is 0.102. The molecule has 0 saturated carbocycles. The van der Waals surface area contributed by atoms with E-state index < -0.39 is 0 Å². The molecule has 0 unspecified atom stereocenters. The predicted molar refractivity (Wildman–Crippen MR) is 68.4 cm³/mol. The van der Waals surface area contributed by atoms with Gasteiger partial charge in [-0.05, 0) is 18.2 Å². The van der Waals surface area contributed by atoms with Crippen LogP contribution in [-0.2, 0) is 0 Å². The minimum Gasteiger partial charge on any atom is -0.361 e. The van der Waals surface area contributed by atoms with Gasteiger partial charge in [0.1, 0.15) is 5.69 Å². The maximum atomic E-state index is 11.9. The number of aromatic nitrogens is 2. The van der Waals surface area contributed by atoms with Gasteiger partial charge < -0.3 is 10.3 Å². The van der Waals surface area contributed by atoms with Gasteiger partial charge in [-0.25, -0.2) is 4.98 Å². The van der Waals surface area contributed by atoms with Crippen LogP contribution in [0.3, 0.4) is 0 Å². The molecule has 2 heterocycles. The summed E-state index contributed by atoms with van der Waals surface area (Å²) in [5, 5.41) is 5.58. The van der Waals surface area contributed by atoms with Crippen LogP contribution in [0.15, 0.2) is 41.4 Å². The molecule has 0 radical (unpaired) electrons. The quantitative estimate of drug-likeness (QED) is 0.727. The van der Waals surface area contributed by atoms with Gasteiger partial charge in [-0.1, -0.05) is 6.07 Å². The Balaban J connectivity index is 1.95. The largest absolute Gasteiger partial charge is 0.361 e. The van der Waals surface area contributed by atoms with Crippen LogP contribution in [0, 0.1) is 0 Å². The number of carbonyl (C=O) groups excluding carboxylic acids is 1. The van der Waals surface area contributed by atoms with E-state index in [-0.39, 0.29) is 5.91 Å². The summed E-state index contributed by atoms with van der Waals surface area (Å²) in [6.45, 7) is 0. The van der Waals surface area contributed by atoms with Gasteiger partial charge in [0.05, 0.1) is 11.2 Å². The zero-order chi connectivity index (χ0) is 11.7. The lowest BCUT2D eigenvalue weighted by Crippen LogP contribution is -2.12. The number of thiazole rings is 1. The van der Waals surface area contributed by atoms with E-state index in [1.807, 2.05) is 30.5 Å². The molecule has 0 atom stereocenters. The standard InChI is InChI=1S/C12H9N3OS/c16-12(11-6-17-7-14-11)15-10-3-1-2-9-8(10)4-5-13-9/h1-7,13H,(H,15,16). The number of amides is 1. The van der Waals surface area contributed by atoms with Crippen molar-refractivity contribution < 1.29 is 4.79 Å². The summed E-state index contributed by atoms with van der Waals surface area (Å²) < 4.78 is 0. The molecule has 0 bridgehead atoms. The predicted octanol–water partition coefficient (Wildman–Crippen LogP) is 2.88. The monoisotopic (exact) mass is 243 g/mol. The average molecular weight is 243 g/mol. The summed E-state index contributed by atoms with van der Waals surface area (Å²) in [6, 6.07) is 7.68. The number of carbonyl (C=O) groups is 1. The first-order chi connectivity index (χ1) is 8.34. The number of anilines is 1. The molecule has 0 aliphatic rings. The number of H-pyrrole nitrogens is 1. The van der Waals surface area contributed by atoms with E-state index in [1.54, 1.807) is 10.9 Å². The third-order valence-corrected chi connectivity index (χ3v) is 3.09. The second kappa shape index (κ2) is 4.03. The van der Waals surface area contributed by atoms with Crippen molar-refractivity contribution in [3.8, 4) is 0 Å². The van der Waals surface area contributed by atoms with E-state index >= 15 is 0 Å². The molecule has 0 saturated heterocycles. The summed E-state index contributed by atoms with van der Waals surface area (Å²) in [5.74, 6) is -0.181. The summed E-state index contributed by atoms with van der Waals surface area (Å²) in [7, 11) is 0. The highest BCUT2D eigenvalue weighted by Gasteiger charge is 2.09. The Morgan fingerprint density at radius 1 is 1.35 bits per heavy atom. The molecule has 1 aromatic carbocycles. The molecule has 3 aromatic rings. The van der Waals surface area contributed by atoms with Crippen LogP contribution in [0.5, 0.6) is 0 Å². The number of nitrogens with one attached hydrogen (secondary N) is 2. The average Bonchev–Trinajstić information content (AvgIpc) is 3.00. The maximum Gasteiger partial charge on any atom is 0.275 e. The summed E-state index contributed by atoms with van der Waals surface area (Å²) >= 11 is 1.41. The number of aromatic amines is 1. The van der Waals surface area contributed by atoms with Gasteiger partial charge in [0, 0.05) is 22.5 Å². The minimum atomic E-state index is -0.181. The molecule has 4 nitrogen and oxygen atoms in total. The van der Waals surface area contributed by atoms with Gasteiger partial charge in [0.15, 0.2) is 0 Å². The van der Waals surface area contributed by atoms with E-state index in [1.165, 1.54) is 11.3 Å². The van der Waals surface area contributed by atoms with Crippen molar-refractivity contribution in [3.63, 3.8) is 0 Å². The molecule has 17 heavy (non-hydrogen) atoms. The lowest BCUT2D eigenvalue weighted by Gasteiger charge is -2.04. The SMILES string of the molecule is O=C(Nc1cccc2[nH]ccc12)c1cscn1. The molecule has 5 heteroatoms. The highest BCUT2D eigenvalue weighted by atomic mass is 32.1. The molecule has 0 spiro atoms. The maximum absolute atomic E-state index is 11.9. The van der Waals surface area contributed by atoms with Gasteiger partial charge >= 0.3 is 0 Å². The number of benzene rings is 1. The van der Waals surface area contributed by atoms with Crippen LogP contribution >= 0.6 is 11.3 Å². The van der Waals surface area contributed by atoms with Crippen LogP contribution in [0.25, 0.3) is 10.9 Å². The molecule has 0 fully saturated rings. The fraction of sp³-hybridized carbons (Fsp3) is 0. The first kappa shape index (κ1) is 10.0. The highest BCUT2D eigenvalue weighted by Crippen LogP contribution is 2.22. The van der Waals surface area contributed by atoms with Crippen LogP contribution < -0.4 is 5.32 Å². The normalized spacial score (nSPS) is 10.6. The Morgan fingerprint density at radius 3 is 3.12 bits per heavy atom. The zero-order valence-electron chi connectivity index (χ0n) is 8.81. The Morgan fingerprint density at radius 2 is 2.29 bits per heavy atom. The number of rotatable bonds is 2. The Labute approximate surface area is 101 Å². The lowest BCUT2D eigenvalue weighted by atomic mass is 10.2. The number of nitrogens with zero attached hydrogens (tertiary/aromatic N) is 1. The highest BCUT2D eigenvalue weighted by molar-refractivity contribution is 7.07. The van der Waals surface area contributed by atoms with Crippen molar-refractivity contribution >= 4 is 33.8 Å². The third-order valence-electron chi connectivity index (χ3n) is 2.51. The Kier molecular flexibility index (Phi) is 2.38.